The average Bonchev–Trinajstić information content (AvgIpc) is 2.77. The van der Waals surface area contributed by atoms with E-state index in [9.17, 15) is 14.7 Å². The zero-order chi connectivity index (χ0) is 23.4. The van der Waals surface area contributed by atoms with Crippen molar-refractivity contribution < 1.29 is 19.4 Å². The van der Waals surface area contributed by atoms with Crippen LogP contribution in [0.4, 0.5) is 0 Å². The van der Waals surface area contributed by atoms with Gasteiger partial charge in [0.1, 0.15) is 11.8 Å². The van der Waals surface area contributed by atoms with E-state index in [1.807, 2.05) is 0 Å². The first kappa shape index (κ1) is 27.9. The molecule has 0 saturated heterocycles. The smallest absolute Gasteiger partial charge is 0.330 e. The average molecular weight is 446 g/mol. The summed E-state index contributed by atoms with van der Waals surface area (Å²) in [4.78, 5) is 23.8. The molecule has 0 amide bonds. The van der Waals surface area contributed by atoms with Gasteiger partial charge in [0.05, 0.1) is 0 Å². The molecule has 3 N–H and O–H groups in total. The van der Waals surface area contributed by atoms with E-state index >= 15 is 0 Å². The Bertz CT molecular complexity index is 654. The highest BCUT2D eigenvalue weighted by Gasteiger charge is 2.19. The second-order valence-corrected chi connectivity index (χ2v) is 8.60. The molecule has 5 nitrogen and oxygen atoms in total. The molecule has 0 spiro atoms. The van der Waals surface area contributed by atoms with Gasteiger partial charge in [-0.3, -0.25) is 4.79 Å². The molecule has 180 valence electrons. The molecule has 1 rings (SSSR count). The molecule has 32 heavy (non-hydrogen) atoms. The van der Waals surface area contributed by atoms with Crippen LogP contribution in [0.2, 0.25) is 0 Å². The topological polar surface area (TPSA) is 89.6 Å². The van der Waals surface area contributed by atoms with Crippen molar-refractivity contribution in [2.24, 2.45) is 5.73 Å². The van der Waals surface area contributed by atoms with Crippen LogP contribution in [0.15, 0.2) is 36.4 Å². The van der Waals surface area contributed by atoms with Crippen molar-refractivity contribution in [3.8, 4) is 5.75 Å². The Balaban J connectivity index is 1.97. The first-order valence-corrected chi connectivity index (χ1v) is 12.5. The zero-order valence-corrected chi connectivity index (χ0v) is 19.9. The summed E-state index contributed by atoms with van der Waals surface area (Å²) in [7, 11) is 0. The molecular formula is C27H43NO4. The van der Waals surface area contributed by atoms with Crippen LogP contribution in [0, 0.1) is 0 Å². The van der Waals surface area contributed by atoms with Gasteiger partial charge in [-0.1, -0.05) is 82.6 Å². The maximum atomic E-state index is 12.0. The van der Waals surface area contributed by atoms with Crippen LogP contribution < -0.4 is 5.73 Å². The normalized spacial score (nSPS) is 12.2. The van der Waals surface area contributed by atoms with Crippen LogP contribution in [0.3, 0.4) is 0 Å². The molecule has 0 saturated carbocycles. The monoisotopic (exact) mass is 445 g/mol. The fourth-order valence-corrected chi connectivity index (χ4v) is 3.55. The number of esters is 2. The lowest BCUT2D eigenvalue weighted by Gasteiger charge is -2.10. The van der Waals surface area contributed by atoms with Gasteiger partial charge in [0.2, 0.25) is 0 Å². The summed E-state index contributed by atoms with van der Waals surface area (Å²) >= 11 is 0. The molecule has 0 heterocycles. The second kappa shape index (κ2) is 18.4. The number of phenolic OH excluding ortho intramolecular Hbond substituents is 1. The number of carbonyl (C=O) groups is 2. The summed E-state index contributed by atoms with van der Waals surface area (Å²) in [5.41, 5.74) is 6.63. The van der Waals surface area contributed by atoms with Gasteiger partial charge < -0.3 is 15.6 Å². The van der Waals surface area contributed by atoms with E-state index < -0.39 is 18.0 Å². The number of benzene rings is 1. The quantitative estimate of drug-likeness (QED) is 0.119. The van der Waals surface area contributed by atoms with E-state index in [2.05, 4.69) is 19.1 Å². The van der Waals surface area contributed by atoms with Gasteiger partial charge in [0.15, 0.2) is 0 Å². The molecule has 0 aromatic heterocycles. The fourth-order valence-electron chi connectivity index (χ4n) is 3.55. The summed E-state index contributed by atoms with van der Waals surface area (Å²) in [6.45, 7) is 2.25. The minimum atomic E-state index is -0.891. The van der Waals surface area contributed by atoms with Crippen molar-refractivity contribution in [3.63, 3.8) is 0 Å². The summed E-state index contributed by atoms with van der Waals surface area (Å²) in [5, 5.41) is 9.28. The van der Waals surface area contributed by atoms with E-state index in [0.29, 0.717) is 0 Å². The molecule has 0 radical (unpaired) electrons. The Morgan fingerprint density at radius 3 is 2.00 bits per heavy atom. The Morgan fingerprint density at radius 1 is 0.875 bits per heavy atom. The molecule has 0 fully saturated rings. The predicted octanol–water partition coefficient (Wildman–Crippen LogP) is 6.37. The number of nitrogens with two attached hydrogens (primary N) is 1. The van der Waals surface area contributed by atoms with E-state index in [1.165, 1.54) is 63.5 Å². The van der Waals surface area contributed by atoms with Crippen molar-refractivity contribution in [1.29, 1.82) is 0 Å². The molecule has 0 aliphatic heterocycles. The molecule has 5 heteroatoms. The van der Waals surface area contributed by atoms with Gasteiger partial charge in [0.25, 0.3) is 0 Å². The summed E-state index contributed by atoms with van der Waals surface area (Å²) in [6.07, 6.45) is 20.7. The van der Waals surface area contributed by atoms with Gasteiger partial charge in [-0.15, -0.1) is 0 Å². The van der Waals surface area contributed by atoms with Crippen molar-refractivity contribution in [1.82, 2.24) is 0 Å². The predicted molar refractivity (Wildman–Crippen MR) is 130 cm³/mol. The van der Waals surface area contributed by atoms with E-state index in [1.54, 1.807) is 12.1 Å². The number of ether oxygens (including phenoxy) is 1. The highest BCUT2D eigenvalue weighted by atomic mass is 16.6. The molecule has 0 aliphatic rings. The third kappa shape index (κ3) is 14.8. The third-order valence-corrected chi connectivity index (χ3v) is 5.55. The second-order valence-electron chi connectivity index (χ2n) is 8.60. The van der Waals surface area contributed by atoms with Gasteiger partial charge >= 0.3 is 11.9 Å². The van der Waals surface area contributed by atoms with Gasteiger partial charge in [-0.25, -0.2) is 4.79 Å². The van der Waals surface area contributed by atoms with Crippen LogP contribution in [-0.4, -0.2) is 23.1 Å². The van der Waals surface area contributed by atoms with Crippen molar-refractivity contribution in [2.75, 3.05) is 0 Å². The largest absolute Gasteiger partial charge is 0.508 e. The van der Waals surface area contributed by atoms with E-state index in [4.69, 9.17) is 10.5 Å². The number of unbranched alkanes of at least 4 members (excludes halogenated alkanes) is 11. The highest BCUT2D eigenvalue weighted by Crippen LogP contribution is 2.12. The number of phenols is 1. The number of carbonyl (C=O) groups excluding carboxylic acids is 2. The molecular weight excluding hydrogens is 402 g/mol. The summed E-state index contributed by atoms with van der Waals surface area (Å²) < 4.78 is 4.87. The van der Waals surface area contributed by atoms with Crippen LogP contribution in [0.25, 0.3) is 0 Å². The van der Waals surface area contributed by atoms with Crippen molar-refractivity contribution in [2.45, 2.75) is 109 Å². The Labute approximate surface area is 194 Å². The van der Waals surface area contributed by atoms with Crippen LogP contribution >= 0.6 is 0 Å². The van der Waals surface area contributed by atoms with Gasteiger partial charge in [-0.05, 0) is 56.2 Å². The number of hydrogen-bond donors (Lipinski definition) is 2. The van der Waals surface area contributed by atoms with Crippen LogP contribution in [0.5, 0.6) is 5.75 Å². The minimum Gasteiger partial charge on any atom is -0.508 e. The number of allylic oxidation sites excluding steroid dienone is 2. The molecule has 1 unspecified atom stereocenters. The lowest BCUT2D eigenvalue weighted by molar-refractivity contribution is -0.160. The number of hydrogen-bond acceptors (Lipinski definition) is 5. The molecule has 0 aliphatic carbocycles. The number of aromatic hydroxyl groups is 1. The van der Waals surface area contributed by atoms with Crippen LogP contribution in [-0.2, 0) is 20.7 Å². The van der Waals surface area contributed by atoms with Crippen molar-refractivity contribution >= 4 is 11.9 Å². The van der Waals surface area contributed by atoms with Gasteiger partial charge in [-0.2, -0.15) is 0 Å². The first-order valence-electron chi connectivity index (χ1n) is 12.5. The summed E-state index contributed by atoms with van der Waals surface area (Å²) in [6, 6.07) is 5.56. The fraction of sp³-hybridized carbons (Fsp3) is 0.630. The number of rotatable bonds is 18. The Morgan fingerprint density at radius 2 is 1.41 bits per heavy atom. The maximum Gasteiger partial charge on any atom is 0.330 e. The minimum absolute atomic E-state index is 0.153. The van der Waals surface area contributed by atoms with Gasteiger partial charge in [0, 0.05) is 6.42 Å². The third-order valence-electron chi connectivity index (χ3n) is 5.55. The Hall–Kier alpha value is -2.14. The van der Waals surface area contributed by atoms with E-state index in [-0.39, 0.29) is 18.6 Å². The standard InChI is InChI=1S/C27H43NO4/c1-2-3-4-5-6-7-8-9-10-11-12-13-14-15-16-17-26(30)32-27(31)25(28)22-23-18-20-24(29)21-19-23/h9-10,18-21,25,29H,2-8,11-17,22,28H2,1H3/b10-9-. The Kier molecular flexibility index (Phi) is 16.1. The molecule has 1 aromatic rings. The molecule has 0 bridgehead atoms. The first-order chi connectivity index (χ1) is 15.5. The van der Waals surface area contributed by atoms with Crippen molar-refractivity contribution in [3.05, 3.63) is 42.0 Å². The lowest BCUT2D eigenvalue weighted by Crippen LogP contribution is -2.35. The zero-order valence-electron chi connectivity index (χ0n) is 19.9. The van der Waals surface area contributed by atoms with E-state index in [0.717, 1.165) is 37.7 Å². The van der Waals surface area contributed by atoms with Crippen LogP contribution in [0.1, 0.15) is 102 Å². The summed E-state index contributed by atoms with van der Waals surface area (Å²) in [5.74, 6) is -1.05. The SMILES string of the molecule is CCCCCCCC/C=C\CCCCCCCC(=O)OC(=O)C(N)Cc1ccc(O)cc1. The molecule has 1 aromatic carbocycles. The highest BCUT2D eigenvalue weighted by molar-refractivity contribution is 5.88. The molecule has 1 atom stereocenters. The maximum absolute atomic E-state index is 12.0. The lowest BCUT2D eigenvalue weighted by atomic mass is 10.1.